The van der Waals surface area contributed by atoms with Crippen LogP contribution in [0.25, 0.3) is 0 Å². The van der Waals surface area contributed by atoms with Crippen molar-refractivity contribution in [3.63, 3.8) is 0 Å². The minimum Gasteiger partial charge on any atom is -0.379 e. The van der Waals surface area contributed by atoms with Gasteiger partial charge >= 0.3 is 6.03 Å². The molecule has 3 rings (SSSR count). The molecule has 0 spiro atoms. The molecule has 0 bridgehead atoms. The van der Waals surface area contributed by atoms with Gasteiger partial charge in [0.1, 0.15) is 6.10 Å². The lowest BCUT2D eigenvalue weighted by Gasteiger charge is -2.36. The van der Waals surface area contributed by atoms with Crippen LogP contribution in [-0.2, 0) is 25.4 Å². The van der Waals surface area contributed by atoms with Crippen molar-refractivity contribution in [1.29, 1.82) is 0 Å². The molecule has 2 saturated heterocycles. The number of carbonyl (C=O) groups is 2. The maximum atomic E-state index is 13.1. The van der Waals surface area contributed by atoms with Crippen LogP contribution in [0.2, 0.25) is 5.54 Å². The van der Waals surface area contributed by atoms with E-state index < -0.39 is 17.9 Å². The van der Waals surface area contributed by atoms with Crippen LogP contribution < -0.4 is 10.7 Å². The Balaban J connectivity index is 1.75. The monoisotopic (exact) mass is 478 g/mol. The number of hydrogen-bond donors (Lipinski definition) is 2. The van der Waals surface area contributed by atoms with Crippen molar-refractivity contribution in [3.05, 3.63) is 35.9 Å². The Morgan fingerprint density at radius 2 is 1.97 bits per heavy atom. The summed E-state index contributed by atoms with van der Waals surface area (Å²) in [5.74, 6) is -1.03. The molecule has 2 aliphatic heterocycles. The first kappa shape index (κ1) is 25.6. The standard InChI is InChI=1S/C23H38N4O5Si/c1-17(33)16-31-23(2,3)32-20-14-27(21(28)15-26-9-11-30-12-10-26)25-22(29)24-19(20)13-18-7-5-4-6-8-18/h4-8,17,19-20H,9-16H2,1-3,33H3,(H2,24,25,29)/t17?,19-,20-/m1/s1. The second-order valence-corrected chi connectivity index (χ2v) is 11.5. The van der Waals surface area contributed by atoms with Crippen LogP contribution in [0, 0.1) is 0 Å². The summed E-state index contributed by atoms with van der Waals surface area (Å²) in [6.45, 7) is 9.57. The molecule has 1 unspecified atom stereocenters. The van der Waals surface area contributed by atoms with Gasteiger partial charge in [-0.05, 0) is 31.4 Å². The van der Waals surface area contributed by atoms with E-state index in [0.29, 0.717) is 44.9 Å². The van der Waals surface area contributed by atoms with Crippen molar-refractivity contribution in [1.82, 2.24) is 20.7 Å². The van der Waals surface area contributed by atoms with Gasteiger partial charge in [0.25, 0.3) is 5.91 Å². The second kappa shape index (κ2) is 11.9. The number of rotatable bonds is 9. The zero-order chi connectivity index (χ0) is 23.8. The summed E-state index contributed by atoms with van der Waals surface area (Å²) in [5, 5.41) is 4.38. The number of urea groups is 1. The summed E-state index contributed by atoms with van der Waals surface area (Å²) in [6.07, 6.45) is 0.120. The van der Waals surface area contributed by atoms with Crippen LogP contribution in [0.4, 0.5) is 4.79 Å². The lowest BCUT2D eigenvalue weighted by Crippen LogP contribution is -2.53. The maximum Gasteiger partial charge on any atom is 0.333 e. The lowest BCUT2D eigenvalue weighted by atomic mass is 10.0. The molecule has 9 nitrogen and oxygen atoms in total. The third-order valence-corrected chi connectivity index (χ3v) is 5.96. The molecule has 3 amide bonds. The molecular formula is C23H38N4O5Si. The fourth-order valence-corrected chi connectivity index (χ4v) is 4.07. The minimum absolute atomic E-state index is 0.173. The fraction of sp³-hybridized carbons (Fsp3) is 0.652. The van der Waals surface area contributed by atoms with Gasteiger partial charge in [0.05, 0.1) is 32.3 Å². The highest BCUT2D eigenvalue weighted by atomic mass is 28.1. The molecule has 184 valence electrons. The quantitative estimate of drug-likeness (QED) is 0.392. The first-order valence-corrected chi connectivity index (χ1v) is 12.9. The van der Waals surface area contributed by atoms with E-state index >= 15 is 0 Å². The maximum absolute atomic E-state index is 13.1. The zero-order valence-electron chi connectivity index (χ0n) is 20.2. The molecule has 1 aromatic rings. The number of carbonyl (C=O) groups excluding carboxylic acids is 2. The number of nitrogens with zero attached hydrogens (tertiary/aromatic N) is 2. The molecule has 2 N–H and O–H groups in total. The van der Waals surface area contributed by atoms with Crippen molar-refractivity contribution in [3.8, 4) is 0 Å². The fourth-order valence-electron chi connectivity index (χ4n) is 3.90. The highest BCUT2D eigenvalue weighted by Crippen LogP contribution is 2.21. The lowest BCUT2D eigenvalue weighted by molar-refractivity contribution is -0.243. The SMILES string of the molecule is CC([SiH3])COC(C)(C)O[C@@H]1CN(C(=O)CN2CCOCC2)NC(=O)N[C@@H]1Cc1ccccc1. The highest BCUT2D eigenvalue weighted by Gasteiger charge is 2.37. The average Bonchev–Trinajstić information content (AvgIpc) is 2.92. The van der Waals surface area contributed by atoms with Crippen LogP contribution in [-0.4, -0.2) is 96.0 Å². The number of amides is 3. The van der Waals surface area contributed by atoms with Gasteiger partial charge in [-0.2, -0.15) is 0 Å². The van der Waals surface area contributed by atoms with E-state index in [0.717, 1.165) is 15.8 Å². The van der Waals surface area contributed by atoms with Gasteiger partial charge in [0, 0.05) is 29.9 Å². The largest absolute Gasteiger partial charge is 0.379 e. The Bertz CT molecular complexity index is 773. The Morgan fingerprint density at radius 1 is 1.27 bits per heavy atom. The van der Waals surface area contributed by atoms with Crippen molar-refractivity contribution in [2.75, 3.05) is 46.0 Å². The number of ether oxygens (including phenoxy) is 3. The summed E-state index contributed by atoms with van der Waals surface area (Å²) in [6, 6.07) is 9.21. The first-order chi connectivity index (χ1) is 15.7. The molecule has 3 atom stereocenters. The van der Waals surface area contributed by atoms with Gasteiger partial charge in [-0.1, -0.05) is 37.3 Å². The van der Waals surface area contributed by atoms with E-state index in [4.69, 9.17) is 14.2 Å². The van der Waals surface area contributed by atoms with E-state index in [-0.39, 0.29) is 25.0 Å². The molecule has 2 heterocycles. The van der Waals surface area contributed by atoms with Crippen LogP contribution >= 0.6 is 0 Å². The molecule has 0 aromatic heterocycles. The third-order valence-electron chi connectivity index (χ3n) is 5.63. The number of hydrazine groups is 1. The molecule has 2 aliphatic rings. The molecule has 2 fully saturated rings. The van der Waals surface area contributed by atoms with Gasteiger partial charge in [0.2, 0.25) is 0 Å². The smallest absolute Gasteiger partial charge is 0.333 e. The van der Waals surface area contributed by atoms with Gasteiger partial charge in [0.15, 0.2) is 5.79 Å². The van der Waals surface area contributed by atoms with Gasteiger partial charge in [-0.3, -0.25) is 9.69 Å². The Hall–Kier alpha value is -1.98. The Kier molecular flexibility index (Phi) is 9.27. The minimum atomic E-state index is -0.855. The van der Waals surface area contributed by atoms with Crippen molar-refractivity contribution < 1.29 is 23.8 Å². The molecule has 0 aliphatic carbocycles. The van der Waals surface area contributed by atoms with Gasteiger partial charge < -0.3 is 19.5 Å². The molecule has 33 heavy (non-hydrogen) atoms. The molecular weight excluding hydrogens is 440 g/mol. The summed E-state index contributed by atoms with van der Waals surface area (Å²) >= 11 is 0. The molecule has 0 radical (unpaired) electrons. The van der Waals surface area contributed by atoms with E-state index in [9.17, 15) is 9.59 Å². The average molecular weight is 479 g/mol. The van der Waals surface area contributed by atoms with Crippen molar-refractivity contribution in [2.24, 2.45) is 0 Å². The molecule has 0 saturated carbocycles. The van der Waals surface area contributed by atoms with E-state index in [1.165, 1.54) is 5.01 Å². The van der Waals surface area contributed by atoms with Gasteiger partial charge in [-0.25, -0.2) is 15.2 Å². The predicted octanol–water partition coefficient (Wildman–Crippen LogP) is 0.298. The molecule has 1 aromatic carbocycles. The predicted molar refractivity (Wildman–Crippen MR) is 129 cm³/mol. The normalized spacial score (nSPS) is 23.5. The van der Waals surface area contributed by atoms with Crippen molar-refractivity contribution in [2.45, 2.75) is 50.7 Å². The third kappa shape index (κ3) is 8.38. The number of benzene rings is 1. The van der Waals surface area contributed by atoms with Crippen LogP contribution in [0.15, 0.2) is 30.3 Å². The van der Waals surface area contributed by atoms with E-state index in [1.807, 2.05) is 49.1 Å². The summed E-state index contributed by atoms with van der Waals surface area (Å²) in [4.78, 5) is 27.8. The number of morpholine rings is 1. The summed E-state index contributed by atoms with van der Waals surface area (Å²) < 4.78 is 17.8. The Morgan fingerprint density at radius 3 is 2.64 bits per heavy atom. The summed E-state index contributed by atoms with van der Waals surface area (Å²) in [7, 11) is 1.03. The first-order valence-electron chi connectivity index (χ1n) is 11.7. The van der Waals surface area contributed by atoms with Crippen LogP contribution in [0.1, 0.15) is 26.3 Å². The number of nitrogens with one attached hydrogen (secondary N) is 2. The summed E-state index contributed by atoms with van der Waals surface area (Å²) in [5.41, 5.74) is 4.29. The zero-order valence-corrected chi connectivity index (χ0v) is 22.2. The highest BCUT2D eigenvalue weighted by molar-refractivity contribution is 6.11. The van der Waals surface area contributed by atoms with Crippen LogP contribution in [0.3, 0.4) is 0 Å². The number of hydrogen-bond acceptors (Lipinski definition) is 6. The van der Waals surface area contributed by atoms with Crippen LogP contribution in [0.5, 0.6) is 0 Å². The Labute approximate surface area is 199 Å². The topological polar surface area (TPSA) is 92.4 Å². The van der Waals surface area contributed by atoms with E-state index in [1.54, 1.807) is 0 Å². The van der Waals surface area contributed by atoms with Crippen molar-refractivity contribution >= 4 is 22.2 Å². The van der Waals surface area contributed by atoms with E-state index in [2.05, 4.69) is 17.7 Å². The molecule has 10 heteroatoms. The van der Waals surface area contributed by atoms with Gasteiger partial charge in [-0.15, -0.1) is 0 Å². The second-order valence-electron chi connectivity index (χ2n) is 9.54.